The number of fused-ring (bicyclic) bond motifs is 1. The predicted molar refractivity (Wildman–Crippen MR) is 143 cm³/mol. The summed E-state index contributed by atoms with van der Waals surface area (Å²) in [5, 5.41) is 0. The fraction of sp³-hybridized carbons (Fsp3) is 0.296. The molecule has 1 aliphatic heterocycles. The SMILES string of the molecule is CCOC(=O)C1=C(C)N=c2s/c(=C\c3cc(Br)c(OCC)c(OC)c3)c(=O)n2C1c1ccc(C)cc1. The van der Waals surface area contributed by atoms with E-state index in [0.717, 1.165) is 21.2 Å². The van der Waals surface area contributed by atoms with E-state index in [2.05, 4.69) is 20.9 Å². The number of rotatable bonds is 7. The number of thiazole rings is 1. The molecule has 0 radical (unpaired) electrons. The normalized spacial score (nSPS) is 15.4. The van der Waals surface area contributed by atoms with Crippen LogP contribution in [0.4, 0.5) is 0 Å². The largest absolute Gasteiger partial charge is 0.493 e. The minimum absolute atomic E-state index is 0.231. The maximum Gasteiger partial charge on any atom is 0.338 e. The molecule has 2 aromatic carbocycles. The fourth-order valence-electron chi connectivity index (χ4n) is 4.11. The van der Waals surface area contributed by atoms with Crippen LogP contribution in [0.5, 0.6) is 11.5 Å². The number of benzene rings is 2. The number of hydrogen-bond donors (Lipinski definition) is 0. The molecule has 0 saturated heterocycles. The molecule has 9 heteroatoms. The standard InChI is InChI=1S/C27H27BrN2O5S/c1-6-34-24-19(28)12-17(13-20(24)33-5)14-21-25(31)30-23(18-10-8-15(3)9-11-18)22(26(32)35-7-2)16(4)29-27(30)36-21/h8-14,23H,6-7H2,1-5H3/b21-14-. The van der Waals surface area contributed by atoms with Crippen LogP contribution in [0, 0.1) is 6.92 Å². The lowest BCUT2D eigenvalue weighted by molar-refractivity contribution is -0.139. The van der Waals surface area contributed by atoms with E-state index in [-0.39, 0.29) is 12.2 Å². The summed E-state index contributed by atoms with van der Waals surface area (Å²) >= 11 is 4.82. The molecular formula is C27H27BrN2O5S. The van der Waals surface area contributed by atoms with Gasteiger partial charge in [0, 0.05) is 0 Å². The Balaban J connectivity index is 1.92. The summed E-state index contributed by atoms with van der Waals surface area (Å²) in [6.45, 7) is 8.15. The van der Waals surface area contributed by atoms with E-state index in [9.17, 15) is 9.59 Å². The van der Waals surface area contributed by atoms with E-state index < -0.39 is 12.0 Å². The number of ether oxygens (including phenoxy) is 3. The lowest BCUT2D eigenvalue weighted by Crippen LogP contribution is -2.39. The van der Waals surface area contributed by atoms with Gasteiger partial charge in [-0.15, -0.1) is 0 Å². The zero-order valence-electron chi connectivity index (χ0n) is 20.8. The number of aromatic nitrogens is 1. The number of methoxy groups -OCH3 is 1. The molecule has 0 spiro atoms. The van der Waals surface area contributed by atoms with Crippen molar-refractivity contribution in [1.29, 1.82) is 0 Å². The van der Waals surface area contributed by atoms with E-state index in [1.165, 1.54) is 11.3 Å². The first-order chi connectivity index (χ1) is 17.3. The van der Waals surface area contributed by atoms with Crippen molar-refractivity contribution >= 4 is 39.3 Å². The number of allylic oxidation sites excluding steroid dienone is 1. The lowest BCUT2D eigenvalue weighted by atomic mass is 9.95. The zero-order chi connectivity index (χ0) is 26.0. The number of hydrogen-bond acceptors (Lipinski definition) is 7. The number of carbonyl (C=O) groups excluding carboxylic acids is 1. The Hall–Kier alpha value is -3.17. The monoisotopic (exact) mass is 570 g/mol. The Morgan fingerprint density at radius 2 is 1.89 bits per heavy atom. The van der Waals surface area contributed by atoms with Crippen molar-refractivity contribution in [2.24, 2.45) is 4.99 Å². The van der Waals surface area contributed by atoms with Gasteiger partial charge in [0.05, 0.1) is 46.6 Å². The Morgan fingerprint density at radius 3 is 2.53 bits per heavy atom. The second kappa shape index (κ2) is 10.8. The summed E-state index contributed by atoms with van der Waals surface area (Å²) in [6.07, 6.45) is 1.79. The van der Waals surface area contributed by atoms with E-state index >= 15 is 0 Å². The van der Waals surface area contributed by atoms with Gasteiger partial charge in [0.2, 0.25) is 0 Å². The fourth-order valence-corrected chi connectivity index (χ4v) is 5.74. The second-order valence-electron chi connectivity index (χ2n) is 8.18. The molecule has 0 N–H and O–H groups in total. The summed E-state index contributed by atoms with van der Waals surface area (Å²) in [7, 11) is 1.57. The van der Waals surface area contributed by atoms with Gasteiger partial charge in [-0.2, -0.15) is 0 Å². The quantitative estimate of drug-likeness (QED) is 0.396. The number of nitrogens with zero attached hydrogens (tertiary/aromatic N) is 2. The highest BCUT2D eigenvalue weighted by Gasteiger charge is 2.33. The van der Waals surface area contributed by atoms with Crippen molar-refractivity contribution in [2.45, 2.75) is 33.7 Å². The Labute approximate surface area is 221 Å². The third kappa shape index (κ3) is 4.90. The summed E-state index contributed by atoms with van der Waals surface area (Å²) in [5.41, 5.74) is 3.33. The minimum atomic E-state index is -0.635. The third-order valence-electron chi connectivity index (χ3n) is 5.75. The molecule has 1 aliphatic rings. The molecule has 0 aliphatic carbocycles. The van der Waals surface area contributed by atoms with Crippen molar-refractivity contribution < 1.29 is 19.0 Å². The Morgan fingerprint density at radius 1 is 1.17 bits per heavy atom. The number of carbonyl (C=O) groups is 1. The number of esters is 1. The molecule has 1 atom stereocenters. The Kier molecular flexibility index (Phi) is 7.80. The van der Waals surface area contributed by atoms with Crippen molar-refractivity contribution in [3.63, 3.8) is 0 Å². The average molecular weight is 571 g/mol. The summed E-state index contributed by atoms with van der Waals surface area (Å²) in [5.74, 6) is 0.690. The van der Waals surface area contributed by atoms with E-state index in [0.29, 0.717) is 38.7 Å². The first-order valence-electron chi connectivity index (χ1n) is 11.6. The highest BCUT2D eigenvalue weighted by atomic mass is 79.9. The molecule has 36 heavy (non-hydrogen) atoms. The maximum absolute atomic E-state index is 13.7. The molecule has 7 nitrogen and oxygen atoms in total. The average Bonchev–Trinajstić information content (AvgIpc) is 3.14. The van der Waals surface area contributed by atoms with Gasteiger partial charge < -0.3 is 14.2 Å². The van der Waals surface area contributed by atoms with Crippen molar-refractivity contribution in [3.8, 4) is 11.5 Å². The predicted octanol–water partition coefficient (Wildman–Crippen LogP) is 4.28. The van der Waals surface area contributed by atoms with Gasteiger partial charge in [0.1, 0.15) is 0 Å². The topological polar surface area (TPSA) is 79.1 Å². The molecule has 0 bridgehead atoms. The first kappa shape index (κ1) is 25.9. The molecule has 3 aromatic rings. The second-order valence-corrected chi connectivity index (χ2v) is 10.0. The summed E-state index contributed by atoms with van der Waals surface area (Å²) < 4.78 is 19.3. The van der Waals surface area contributed by atoms with E-state index in [4.69, 9.17) is 14.2 Å². The van der Waals surface area contributed by atoms with Gasteiger partial charge in [-0.25, -0.2) is 9.79 Å². The molecular weight excluding hydrogens is 544 g/mol. The molecule has 0 saturated carbocycles. The maximum atomic E-state index is 13.7. The van der Waals surface area contributed by atoms with Crippen molar-refractivity contribution in [3.05, 3.63) is 88.5 Å². The zero-order valence-corrected chi connectivity index (χ0v) is 23.2. The van der Waals surface area contributed by atoms with Crippen LogP contribution in [0.25, 0.3) is 6.08 Å². The first-order valence-corrected chi connectivity index (χ1v) is 13.2. The molecule has 1 aromatic heterocycles. The number of aryl methyl sites for hydroxylation is 1. The van der Waals surface area contributed by atoms with Crippen molar-refractivity contribution in [1.82, 2.24) is 4.57 Å². The molecule has 1 unspecified atom stereocenters. The number of halogens is 1. The highest BCUT2D eigenvalue weighted by molar-refractivity contribution is 9.10. The van der Waals surface area contributed by atoms with Crippen LogP contribution < -0.4 is 24.4 Å². The van der Waals surface area contributed by atoms with Crippen molar-refractivity contribution in [2.75, 3.05) is 20.3 Å². The molecule has 4 rings (SSSR count). The highest BCUT2D eigenvalue weighted by Crippen LogP contribution is 2.37. The van der Waals surface area contributed by atoms with Crippen LogP contribution in [0.15, 0.2) is 61.9 Å². The van der Waals surface area contributed by atoms with Gasteiger partial charge >= 0.3 is 5.97 Å². The summed E-state index contributed by atoms with van der Waals surface area (Å²) in [6, 6.07) is 10.9. The molecule has 0 fully saturated rings. The van der Waals surface area contributed by atoms with Gasteiger partial charge in [-0.3, -0.25) is 9.36 Å². The lowest BCUT2D eigenvalue weighted by Gasteiger charge is -2.24. The van der Waals surface area contributed by atoms with Crippen LogP contribution in [0.3, 0.4) is 0 Å². The van der Waals surface area contributed by atoms with E-state index in [1.807, 2.05) is 50.2 Å². The molecule has 2 heterocycles. The van der Waals surface area contributed by atoms with Crippen LogP contribution in [-0.2, 0) is 9.53 Å². The third-order valence-corrected chi connectivity index (χ3v) is 7.32. The van der Waals surface area contributed by atoms with Crippen LogP contribution in [0.1, 0.15) is 43.5 Å². The smallest absolute Gasteiger partial charge is 0.338 e. The van der Waals surface area contributed by atoms with Gasteiger partial charge in [0.15, 0.2) is 16.3 Å². The Bertz CT molecular complexity index is 1520. The van der Waals surface area contributed by atoms with Gasteiger partial charge in [-0.1, -0.05) is 41.2 Å². The minimum Gasteiger partial charge on any atom is -0.493 e. The van der Waals surface area contributed by atoms with Crippen LogP contribution >= 0.6 is 27.3 Å². The van der Waals surface area contributed by atoms with Gasteiger partial charge in [0.25, 0.3) is 5.56 Å². The van der Waals surface area contributed by atoms with Crippen LogP contribution in [0.2, 0.25) is 0 Å². The van der Waals surface area contributed by atoms with Gasteiger partial charge in [-0.05, 0) is 73.0 Å². The summed E-state index contributed by atoms with van der Waals surface area (Å²) in [4.78, 5) is 31.9. The molecule has 0 amide bonds. The molecule has 188 valence electrons. The van der Waals surface area contributed by atoms with E-state index in [1.54, 1.807) is 31.6 Å². The van der Waals surface area contributed by atoms with Crippen LogP contribution in [-0.4, -0.2) is 30.9 Å².